The van der Waals surface area contributed by atoms with Crippen molar-refractivity contribution in [1.29, 1.82) is 0 Å². The number of piperazine rings is 1. The van der Waals surface area contributed by atoms with Crippen LogP contribution in [0.1, 0.15) is 19.8 Å². The van der Waals surface area contributed by atoms with Gasteiger partial charge in [0.25, 0.3) is 0 Å². The molecule has 0 radical (unpaired) electrons. The van der Waals surface area contributed by atoms with Crippen LogP contribution in [0.4, 0.5) is 0 Å². The lowest BCUT2D eigenvalue weighted by Gasteiger charge is -2.35. The highest BCUT2D eigenvalue weighted by atomic mass is 16.2. The normalized spacial score (nSPS) is 18.9. The first kappa shape index (κ1) is 16.4. The summed E-state index contributed by atoms with van der Waals surface area (Å²) in [7, 11) is 4.19. The molecular weight excluding hydrogens is 240 g/mol. The maximum atomic E-state index is 12.0. The van der Waals surface area contributed by atoms with E-state index in [0.29, 0.717) is 24.8 Å². The summed E-state index contributed by atoms with van der Waals surface area (Å²) >= 11 is 0. The summed E-state index contributed by atoms with van der Waals surface area (Å²) in [5.74, 6) is 0.748. The van der Waals surface area contributed by atoms with Gasteiger partial charge < -0.3 is 15.5 Å². The first-order valence-corrected chi connectivity index (χ1v) is 7.38. The molecule has 5 nitrogen and oxygen atoms in total. The molecule has 2 N–H and O–H groups in total. The molecule has 1 heterocycles. The molecule has 1 aliphatic heterocycles. The van der Waals surface area contributed by atoms with Gasteiger partial charge in [0, 0.05) is 45.7 Å². The second-order valence-electron chi connectivity index (χ2n) is 5.91. The SMILES string of the molecule is CC(CN)CCC(=O)N1CCN(CCN(C)C)CC1. The van der Waals surface area contributed by atoms with E-state index in [4.69, 9.17) is 5.73 Å². The fourth-order valence-electron chi connectivity index (χ4n) is 2.21. The lowest BCUT2D eigenvalue weighted by molar-refractivity contribution is -0.133. The number of hydrogen-bond donors (Lipinski definition) is 1. The van der Waals surface area contributed by atoms with Crippen molar-refractivity contribution in [1.82, 2.24) is 14.7 Å². The lowest BCUT2D eigenvalue weighted by atomic mass is 10.1. The number of carbonyl (C=O) groups is 1. The van der Waals surface area contributed by atoms with Crippen molar-refractivity contribution in [3.63, 3.8) is 0 Å². The molecule has 1 fully saturated rings. The average molecular weight is 270 g/mol. The minimum absolute atomic E-state index is 0.299. The summed E-state index contributed by atoms with van der Waals surface area (Å²) in [5.41, 5.74) is 5.58. The smallest absolute Gasteiger partial charge is 0.222 e. The maximum absolute atomic E-state index is 12.0. The quantitative estimate of drug-likeness (QED) is 0.711. The Morgan fingerprint density at radius 1 is 1.26 bits per heavy atom. The molecule has 0 aromatic carbocycles. The monoisotopic (exact) mass is 270 g/mol. The Hall–Kier alpha value is -0.650. The molecule has 1 aliphatic rings. The molecule has 1 rings (SSSR count). The number of carbonyl (C=O) groups excluding carboxylic acids is 1. The Morgan fingerprint density at radius 2 is 1.89 bits per heavy atom. The van der Waals surface area contributed by atoms with E-state index in [-0.39, 0.29) is 0 Å². The minimum atomic E-state index is 0.299. The van der Waals surface area contributed by atoms with Gasteiger partial charge in [-0.05, 0) is 33.0 Å². The third kappa shape index (κ3) is 6.36. The van der Waals surface area contributed by atoms with Crippen LogP contribution in [0, 0.1) is 5.92 Å². The summed E-state index contributed by atoms with van der Waals surface area (Å²) in [5, 5.41) is 0. The zero-order valence-corrected chi connectivity index (χ0v) is 12.8. The Labute approximate surface area is 117 Å². The van der Waals surface area contributed by atoms with Gasteiger partial charge in [0.15, 0.2) is 0 Å². The molecule has 5 heteroatoms. The highest BCUT2D eigenvalue weighted by Crippen LogP contribution is 2.09. The summed E-state index contributed by atoms with van der Waals surface area (Å²) < 4.78 is 0. The third-order valence-electron chi connectivity index (χ3n) is 3.84. The van der Waals surface area contributed by atoms with Gasteiger partial charge in [0.2, 0.25) is 5.91 Å². The molecule has 112 valence electrons. The van der Waals surface area contributed by atoms with Crippen LogP contribution in [0.15, 0.2) is 0 Å². The van der Waals surface area contributed by atoms with Crippen LogP contribution in [0.25, 0.3) is 0 Å². The molecule has 1 amide bonds. The first-order chi connectivity index (χ1) is 9.02. The molecule has 0 aromatic rings. The fraction of sp³-hybridized carbons (Fsp3) is 0.929. The van der Waals surface area contributed by atoms with Crippen molar-refractivity contribution >= 4 is 5.91 Å². The molecule has 0 spiro atoms. The van der Waals surface area contributed by atoms with Crippen LogP contribution in [-0.4, -0.2) is 80.5 Å². The third-order valence-corrected chi connectivity index (χ3v) is 3.84. The van der Waals surface area contributed by atoms with E-state index in [9.17, 15) is 4.79 Å². The number of hydrogen-bond acceptors (Lipinski definition) is 4. The van der Waals surface area contributed by atoms with Gasteiger partial charge in [-0.25, -0.2) is 0 Å². The minimum Gasteiger partial charge on any atom is -0.340 e. The fourth-order valence-corrected chi connectivity index (χ4v) is 2.21. The van der Waals surface area contributed by atoms with Gasteiger partial charge in [-0.15, -0.1) is 0 Å². The van der Waals surface area contributed by atoms with Crippen LogP contribution in [0.3, 0.4) is 0 Å². The molecule has 1 unspecified atom stereocenters. The summed E-state index contributed by atoms with van der Waals surface area (Å²) in [4.78, 5) is 18.7. The summed E-state index contributed by atoms with van der Waals surface area (Å²) in [6.07, 6.45) is 1.56. The van der Waals surface area contributed by atoms with Crippen molar-refractivity contribution in [3.8, 4) is 0 Å². The van der Waals surface area contributed by atoms with Crippen LogP contribution < -0.4 is 5.73 Å². The number of nitrogens with zero attached hydrogens (tertiary/aromatic N) is 3. The van der Waals surface area contributed by atoms with Crippen molar-refractivity contribution in [2.24, 2.45) is 11.7 Å². The summed E-state index contributed by atoms with van der Waals surface area (Å²) in [6, 6.07) is 0. The van der Waals surface area contributed by atoms with Gasteiger partial charge in [-0.3, -0.25) is 9.69 Å². The summed E-state index contributed by atoms with van der Waals surface area (Å²) in [6.45, 7) is 8.73. The van der Waals surface area contributed by atoms with Crippen LogP contribution in [0.2, 0.25) is 0 Å². The van der Waals surface area contributed by atoms with Crippen molar-refractivity contribution in [2.75, 3.05) is 59.9 Å². The van der Waals surface area contributed by atoms with Crippen molar-refractivity contribution in [3.05, 3.63) is 0 Å². The predicted molar refractivity (Wildman–Crippen MR) is 79.0 cm³/mol. The largest absolute Gasteiger partial charge is 0.340 e. The van der Waals surface area contributed by atoms with E-state index in [1.54, 1.807) is 0 Å². The van der Waals surface area contributed by atoms with Crippen LogP contribution in [0.5, 0.6) is 0 Å². The molecule has 1 saturated heterocycles. The van der Waals surface area contributed by atoms with Gasteiger partial charge in [0.05, 0.1) is 0 Å². The molecule has 0 aliphatic carbocycles. The molecule has 0 bridgehead atoms. The van der Waals surface area contributed by atoms with E-state index in [1.807, 2.05) is 4.90 Å². The predicted octanol–water partition coefficient (Wildman–Crippen LogP) is 0.0672. The number of amides is 1. The average Bonchev–Trinajstić information content (AvgIpc) is 2.42. The number of likely N-dealkylation sites (N-methyl/N-ethyl adjacent to an activating group) is 1. The highest BCUT2D eigenvalue weighted by Gasteiger charge is 2.20. The molecule has 0 aromatic heterocycles. The zero-order valence-electron chi connectivity index (χ0n) is 12.8. The van der Waals surface area contributed by atoms with E-state index in [2.05, 4.69) is 30.8 Å². The molecule has 1 atom stereocenters. The zero-order chi connectivity index (χ0) is 14.3. The van der Waals surface area contributed by atoms with E-state index >= 15 is 0 Å². The van der Waals surface area contributed by atoms with Gasteiger partial charge in [0.1, 0.15) is 0 Å². The Bertz CT molecular complexity index is 262. The van der Waals surface area contributed by atoms with Gasteiger partial charge >= 0.3 is 0 Å². The Kier molecular flexibility index (Phi) is 7.34. The number of nitrogens with two attached hydrogens (primary N) is 1. The van der Waals surface area contributed by atoms with E-state index < -0.39 is 0 Å². The molecule has 19 heavy (non-hydrogen) atoms. The second kappa shape index (κ2) is 8.51. The second-order valence-corrected chi connectivity index (χ2v) is 5.91. The lowest BCUT2D eigenvalue weighted by Crippen LogP contribution is -2.50. The Morgan fingerprint density at radius 3 is 2.42 bits per heavy atom. The highest BCUT2D eigenvalue weighted by molar-refractivity contribution is 5.76. The van der Waals surface area contributed by atoms with Crippen molar-refractivity contribution in [2.45, 2.75) is 19.8 Å². The Balaban J connectivity index is 2.19. The van der Waals surface area contributed by atoms with Crippen molar-refractivity contribution < 1.29 is 4.79 Å². The first-order valence-electron chi connectivity index (χ1n) is 7.38. The van der Waals surface area contributed by atoms with Gasteiger partial charge in [-0.2, -0.15) is 0 Å². The number of rotatable bonds is 7. The molecule has 0 saturated carbocycles. The van der Waals surface area contributed by atoms with Gasteiger partial charge in [-0.1, -0.05) is 6.92 Å². The van der Waals surface area contributed by atoms with E-state index in [1.165, 1.54) is 0 Å². The maximum Gasteiger partial charge on any atom is 0.222 e. The topological polar surface area (TPSA) is 52.8 Å². The van der Waals surface area contributed by atoms with E-state index in [0.717, 1.165) is 45.7 Å². The standard InChI is InChI=1S/C14H30N4O/c1-13(12-15)4-5-14(19)18-10-8-17(9-11-18)7-6-16(2)3/h13H,4-12,15H2,1-3H3. The van der Waals surface area contributed by atoms with Crippen LogP contribution in [-0.2, 0) is 4.79 Å². The molecular formula is C14H30N4O. The van der Waals surface area contributed by atoms with Crippen LogP contribution >= 0.6 is 0 Å².